The highest BCUT2D eigenvalue weighted by Gasteiger charge is 2.30. The maximum absolute atomic E-state index is 12.2. The van der Waals surface area contributed by atoms with Gasteiger partial charge in [-0.3, -0.25) is 4.79 Å². The van der Waals surface area contributed by atoms with Crippen LogP contribution in [-0.4, -0.2) is 47.7 Å². The molecular weight excluding hydrogens is 344 g/mol. The lowest BCUT2D eigenvalue weighted by Gasteiger charge is -2.36. The molecule has 0 saturated heterocycles. The van der Waals surface area contributed by atoms with E-state index in [0.29, 0.717) is 26.1 Å². The molecule has 0 fully saturated rings. The molecule has 0 saturated carbocycles. The predicted molar refractivity (Wildman–Crippen MR) is 105 cm³/mol. The van der Waals surface area contributed by atoms with Gasteiger partial charge < -0.3 is 19.6 Å². The van der Waals surface area contributed by atoms with Gasteiger partial charge >= 0.3 is 6.09 Å². The van der Waals surface area contributed by atoms with Gasteiger partial charge in [-0.25, -0.2) is 4.79 Å². The third kappa shape index (κ3) is 3.80. The van der Waals surface area contributed by atoms with Gasteiger partial charge in [-0.1, -0.05) is 13.0 Å². The van der Waals surface area contributed by atoms with Gasteiger partial charge in [-0.2, -0.15) is 0 Å². The number of hydrogen-bond acceptors (Lipinski definition) is 3. The summed E-state index contributed by atoms with van der Waals surface area (Å²) in [7, 11) is 0. The number of benzene rings is 1. The van der Waals surface area contributed by atoms with Crippen molar-refractivity contribution >= 4 is 23.3 Å². The smallest absolute Gasteiger partial charge is 0.407 e. The standard InChI is InChI=1S/C21H28N2O4/c1-4-13-27-20-17(16-9-11-22(12-10-16)21(25)26)7-8-19-18(20)6-5-14(2)23(19)15(3)24/h7-9,14H,4-6,10-13H2,1-3H3,(H,25,26). The van der Waals surface area contributed by atoms with Crippen molar-refractivity contribution in [2.75, 3.05) is 24.6 Å². The summed E-state index contributed by atoms with van der Waals surface area (Å²) >= 11 is 0. The van der Waals surface area contributed by atoms with Crippen molar-refractivity contribution in [3.63, 3.8) is 0 Å². The van der Waals surface area contributed by atoms with Crippen LogP contribution in [0.3, 0.4) is 0 Å². The van der Waals surface area contributed by atoms with E-state index in [1.54, 1.807) is 6.92 Å². The van der Waals surface area contributed by atoms with Gasteiger partial charge in [0.05, 0.1) is 12.3 Å². The van der Waals surface area contributed by atoms with E-state index < -0.39 is 6.09 Å². The number of nitrogens with zero attached hydrogens (tertiary/aromatic N) is 2. The maximum Gasteiger partial charge on any atom is 0.407 e. The predicted octanol–water partition coefficient (Wildman–Crippen LogP) is 3.93. The Hall–Kier alpha value is -2.50. The number of fused-ring (bicyclic) bond motifs is 1. The Kier molecular flexibility index (Phi) is 5.73. The quantitative estimate of drug-likeness (QED) is 0.869. The Bertz CT molecular complexity index is 772. The lowest BCUT2D eigenvalue weighted by molar-refractivity contribution is -0.117. The maximum atomic E-state index is 12.2. The first-order valence-corrected chi connectivity index (χ1v) is 9.69. The van der Waals surface area contributed by atoms with E-state index in [-0.39, 0.29) is 11.9 Å². The Morgan fingerprint density at radius 3 is 2.67 bits per heavy atom. The van der Waals surface area contributed by atoms with Crippen LogP contribution in [0.5, 0.6) is 5.75 Å². The van der Waals surface area contributed by atoms with Gasteiger partial charge in [0.2, 0.25) is 5.91 Å². The second kappa shape index (κ2) is 8.03. The second-order valence-corrected chi connectivity index (χ2v) is 7.27. The van der Waals surface area contributed by atoms with Crippen molar-refractivity contribution in [3.8, 4) is 5.75 Å². The molecule has 2 amide bonds. The lowest BCUT2D eigenvalue weighted by Crippen LogP contribution is -2.41. The van der Waals surface area contributed by atoms with E-state index in [4.69, 9.17) is 9.84 Å². The van der Waals surface area contributed by atoms with Crippen LogP contribution in [0.25, 0.3) is 5.57 Å². The van der Waals surface area contributed by atoms with E-state index >= 15 is 0 Å². The van der Waals surface area contributed by atoms with Crippen molar-refractivity contribution in [1.82, 2.24) is 4.90 Å². The highest BCUT2D eigenvalue weighted by molar-refractivity contribution is 5.94. The summed E-state index contributed by atoms with van der Waals surface area (Å²) in [6.45, 7) is 7.26. The summed E-state index contributed by atoms with van der Waals surface area (Å²) in [6, 6.07) is 4.23. The fourth-order valence-corrected chi connectivity index (χ4v) is 3.99. The minimum Gasteiger partial charge on any atom is -0.493 e. The zero-order chi connectivity index (χ0) is 19.6. The van der Waals surface area contributed by atoms with Gasteiger partial charge in [0.1, 0.15) is 5.75 Å². The largest absolute Gasteiger partial charge is 0.493 e. The molecule has 0 spiro atoms. The average Bonchev–Trinajstić information content (AvgIpc) is 2.65. The minimum absolute atomic E-state index is 0.0478. The molecular formula is C21H28N2O4. The SMILES string of the molecule is CCCOc1c(C2=CCN(C(=O)O)CC2)ccc2c1CCC(C)N2C(C)=O. The zero-order valence-corrected chi connectivity index (χ0v) is 16.3. The van der Waals surface area contributed by atoms with E-state index in [1.165, 1.54) is 4.90 Å². The molecule has 2 aliphatic heterocycles. The van der Waals surface area contributed by atoms with E-state index in [9.17, 15) is 9.59 Å². The van der Waals surface area contributed by atoms with Crippen LogP contribution >= 0.6 is 0 Å². The first kappa shape index (κ1) is 19.3. The van der Waals surface area contributed by atoms with Crippen molar-refractivity contribution in [1.29, 1.82) is 0 Å². The summed E-state index contributed by atoms with van der Waals surface area (Å²) in [4.78, 5) is 26.6. The number of ether oxygens (including phenoxy) is 1. The highest BCUT2D eigenvalue weighted by atomic mass is 16.5. The van der Waals surface area contributed by atoms with Crippen LogP contribution in [-0.2, 0) is 11.2 Å². The Morgan fingerprint density at radius 2 is 2.07 bits per heavy atom. The molecule has 1 atom stereocenters. The summed E-state index contributed by atoms with van der Waals surface area (Å²) in [5.74, 6) is 0.911. The Labute approximate surface area is 160 Å². The van der Waals surface area contributed by atoms with Gasteiger partial charge in [-0.05, 0) is 50.3 Å². The molecule has 1 unspecified atom stereocenters. The summed E-state index contributed by atoms with van der Waals surface area (Å²) in [5.41, 5.74) is 4.19. The average molecular weight is 372 g/mol. The topological polar surface area (TPSA) is 70.1 Å². The molecule has 2 aliphatic rings. The fourth-order valence-electron chi connectivity index (χ4n) is 3.99. The van der Waals surface area contributed by atoms with E-state index in [1.807, 2.05) is 23.1 Å². The zero-order valence-electron chi connectivity index (χ0n) is 16.3. The van der Waals surface area contributed by atoms with Crippen molar-refractivity contribution < 1.29 is 19.4 Å². The molecule has 27 heavy (non-hydrogen) atoms. The van der Waals surface area contributed by atoms with Gasteiger partial charge in [0.25, 0.3) is 0 Å². The van der Waals surface area contributed by atoms with Crippen molar-refractivity contribution in [2.45, 2.75) is 52.5 Å². The van der Waals surface area contributed by atoms with Crippen LogP contribution < -0.4 is 9.64 Å². The van der Waals surface area contributed by atoms with Crippen molar-refractivity contribution in [3.05, 3.63) is 29.3 Å². The third-order valence-electron chi connectivity index (χ3n) is 5.36. The van der Waals surface area contributed by atoms with Crippen LogP contribution in [0.2, 0.25) is 0 Å². The number of rotatable bonds is 4. The molecule has 1 aromatic carbocycles. The first-order chi connectivity index (χ1) is 12.9. The molecule has 0 radical (unpaired) electrons. The molecule has 2 heterocycles. The summed E-state index contributed by atoms with van der Waals surface area (Å²) < 4.78 is 6.17. The number of carboxylic acid groups (broad SMARTS) is 1. The number of carbonyl (C=O) groups excluding carboxylic acids is 1. The molecule has 0 aliphatic carbocycles. The summed E-state index contributed by atoms with van der Waals surface area (Å²) in [5, 5.41) is 9.16. The number of anilines is 1. The van der Waals surface area contributed by atoms with Crippen LogP contribution in [0.15, 0.2) is 18.2 Å². The molecule has 1 aromatic rings. The van der Waals surface area contributed by atoms with Crippen LogP contribution in [0.4, 0.5) is 10.5 Å². The van der Waals surface area contributed by atoms with Crippen LogP contribution in [0.1, 0.15) is 51.2 Å². The van der Waals surface area contributed by atoms with Gasteiger partial charge in [0.15, 0.2) is 0 Å². The highest BCUT2D eigenvalue weighted by Crippen LogP contribution is 2.42. The molecule has 3 rings (SSSR count). The summed E-state index contributed by atoms with van der Waals surface area (Å²) in [6.07, 6.45) is 4.45. The minimum atomic E-state index is -0.885. The molecule has 6 heteroatoms. The molecule has 6 nitrogen and oxygen atoms in total. The Balaban J connectivity index is 2.03. The van der Waals surface area contributed by atoms with E-state index in [0.717, 1.165) is 47.4 Å². The Morgan fingerprint density at radius 1 is 1.30 bits per heavy atom. The monoisotopic (exact) mass is 372 g/mol. The molecule has 146 valence electrons. The second-order valence-electron chi connectivity index (χ2n) is 7.27. The van der Waals surface area contributed by atoms with Crippen molar-refractivity contribution in [2.24, 2.45) is 0 Å². The molecule has 1 N–H and O–H groups in total. The van der Waals surface area contributed by atoms with Gasteiger partial charge in [-0.15, -0.1) is 0 Å². The first-order valence-electron chi connectivity index (χ1n) is 9.69. The van der Waals surface area contributed by atoms with E-state index in [2.05, 4.69) is 13.8 Å². The third-order valence-corrected chi connectivity index (χ3v) is 5.36. The van der Waals surface area contributed by atoms with Crippen LogP contribution in [0, 0.1) is 0 Å². The van der Waals surface area contributed by atoms with Gasteiger partial charge in [0, 0.05) is 37.2 Å². The molecule has 0 bridgehead atoms. The number of hydrogen-bond donors (Lipinski definition) is 1. The molecule has 0 aromatic heterocycles. The lowest BCUT2D eigenvalue weighted by atomic mass is 9.90. The fraction of sp³-hybridized carbons (Fsp3) is 0.524. The normalized spacial score (nSPS) is 19.4. The number of carbonyl (C=O) groups is 2. The number of amides is 2.